The van der Waals surface area contributed by atoms with Gasteiger partial charge in [0.1, 0.15) is 52.5 Å². The predicted molar refractivity (Wildman–Crippen MR) is 188 cm³/mol. The van der Waals surface area contributed by atoms with E-state index in [4.69, 9.17) is 21.9 Å². The number of benzene rings is 4. The van der Waals surface area contributed by atoms with Gasteiger partial charge in [-0.25, -0.2) is 38.4 Å². The quantitative estimate of drug-likeness (QED) is 0.182. The van der Waals surface area contributed by atoms with Crippen molar-refractivity contribution in [2.45, 2.75) is 0 Å². The second-order valence-corrected chi connectivity index (χ2v) is 10.2. The molecule has 7 aliphatic heterocycles. The Morgan fingerprint density at radius 2 is 0.321 bits per heavy atom. The second-order valence-electron chi connectivity index (χ2n) is 10.2. The summed E-state index contributed by atoms with van der Waals surface area (Å²) in [6, 6.07) is 12.6. The maximum atomic E-state index is 12.8. The Morgan fingerprint density at radius 3 is 0.411 bits per heavy atom. The SMILES string of the molecule is [2H]C1([2H])OC(=O)c2ccc(cc2)C(=O)OC([2H])([2H])C([2H])([2H])OC(=O)c2ccc(cc2)C(=O)OC([2H])([2H])C([2H])([2H])OC(=O)c2ccc(cc2)C(=O)OC([2H])([2H])C([2H])([2H])OC(=O)c2ccc(cc2)C(=O)OC1([2H])[2H]. The Kier molecular flexibility index (Phi) is 8.22. The fraction of sp³-hybridized carbons (Fsp3) is 0.200. The molecule has 0 radical (unpaired) electrons. The van der Waals surface area contributed by atoms with Crippen LogP contribution in [0.1, 0.15) is 105 Å². The fourth-order valence-corrected chi connectivity index (χ4v) is 3.98. The summed E-state index contributed by atoms with van der Waals surface area (Å²) in [5.74, 6) is -12.9. The number of hydrogen-bond donors (Lipinski definition) is 0. The van der Waals surface area contributed by atoms with Crippen LogP contribution in [0.25, 0.3) is 0 Å². The van der Waals surface area contributed by atoms with Gasteiger partial charge < -0.3 is 37.9 Å². The summed E-state index contributed by atoms with van der Waals surface area (Å²) in [6.45, 7) is -30.1. The third-order valence-electron chi connectivity index (χ3n) is 6.74. The van der Waals surface area contributed by atoms with Crippen molar-refractivity contribution in [3.63, 3.8) is 0 Å². The minimum atomic E-state index is -3.76. The number of rotatable bonds is 0. The molecular weight excluding hydrogens is 736 g/mol. The lowest BCUT2D eigenvalue weighted by Crippen LogP contribution is -2.16. The molecule has 4 aromatic rings. The lowest BCUT2D eigenvalue weighted by atomic mass is 10.1. The standard InChI is InChI=1S/C40H32O16/c41-33-25-1-2-26(4-3-25)34(42)50-19-20-52-36(44)28-9-11-30(12-10-28)38(46)54-23-24-56-40(48)32-15-13-31(14-16-32)39(47)55-22-21-53-37(45)29-7-5-27(6-8-29)35(43)51-18-17-49-33/h1-16H,17-24H2/i17D2,18D2,19D2,20D2,21D2,22D2,23D2,24D2. The lowest BCUT2D eigenvalue weighted by Gasteiger charge is -2.09. The normalized spacial score (nSPS) is 27.4. The molecule has 16 nitrogen and oxygen atoms in total. The number of carbonyl (C=O) groups is 8. The highest BCUT2D eigenvalue weighted by Crippen LogP contribution is 2.12. The van der Waals surface area contributed by atoms with Crippen LogP contribution in [0.4, 0.5) is 0 Å². The first kappa shape index (κ1) is 23.4. The van der Waals surface area contributed by atoms with Gasteiger partial charge in [0, 0.05) is 0 Å². The molecule has 288 valence electrons. The van der Waals surface area contributed by atoms with Crippen molar-refractivity contribution in [1.82, 2.24) is 0 Å². The first-order chi connectivity index (χ1) is 32.9. The van der Waals surface area contributed by atoms with Crippen LogP contribution in [0.5, 0.6) is 0 Å². The van der Waals surface area contributed by atoms with Crippen molar-refractivity contribution in [1.29, 1.82) is 0 Å². The minimum absolute atomic E-state index is 0.577. The summed E-state index contributed by atoms with van der Waals surface area (Å²) in [5, 5.41) is 0. The molecule has 0 atom stereocenters. The fourth-order valence-electron chi connectivity index (χ4n) is 3.98. The van der Waals surface area contributed by atoms with E-state index < -0.39 is 145 Å². The van der Waals surface area contributed by atoms with Crippen molar-refractivity contribution >= 4 is 47.8 Å². The highest BCUT2D eigenvalue weighted by Gasteiger charge is 2.17. The van der Waals surface area contributed by atoms with Crippen molar-refractivity contribution < 1.29 is 98.2 Å². The first-order valence-electron chi connectivity index (χ1n) is 23.2. The Balaban J connectivity index is 1.42. The minimum Gasteiger partial charge on any atom is -0.458 e. The van der Waals surface area contributed by atoms with Crippen LogP contribution in [0.2, 0.25) is 0 Å². The molecule has 7 heterocycles. The van der Waals surface area contributed by atoms with Crippen LogP contribution in [0, 0.1) is 0 Å². The molecule has 8 bridgehead atoms. The van der Waals surface area contributed by atoms with Crippen LogP contribution in [0.3, 0.4) is 0 Å². The van der Waals surface area contributed by atoms with E-state index in [1.807, 2.05) is 0 Å². The molecule has 0 fully saturated rings. The summed E-state index contributed by atoms with van der Waals surface area (Å²) in [6.07, 6.45) is 0. The maximum absolute atomic E-state index is 12.8. The summed E-state index contributed by atoms with van der Waals surface area (Å²) in [4.78, 5) is 103. The zero-order valence-electron chi connectivity index (χ0n) is 43.8. The van der Waals surface area contributed by atoms with Crippen LogP contribution in [0.15, 0.2) is 97.1 Å². The Morgan fingerprint density at radius 1 is 0.232 bits per heavy atom. The van der Waals surface area contributed by atoms with Crippen LogP contribution >= 0.6 is 0 Å². The number of hydrogen-bond acceptors (Lipinski definition) is 16. The summed E-state index contributed by atoms with van der Waals surface area (Å²) < 4.78 is 165. The third-order valence-corrected chi connectivity index (χ3v) is 6.74. The summed E-state index contributed by atoms with van der Waals surface area (Å²) in [5.41, 5.74) is -4.62. The van der Waals surface area contributed by atoms with Gasteiger partial charge in [0.15, 0.2) is 0 Å². The van der Waals surface area contributed by atoms with E-state index in [1.54, 1.807) is 0 Å². The molecule has 0 spiro atoms. The van der Waals surface area contributed by atoms with Gasteiger partial charge >= 0.3 is 47.8 Å². The van der Waals surface area contributed by atoms with Crippen LogP contribution < -0.4 is 0 Å². The van der Waals surface area contributed by atoms with Gasteiger partial charge in [0.25, 0.3) is 0 Å². The van der Waals surface area contributed by atoms with Gasteiger partial charge in [0.05, 0.1) is 66.4 Å². The molecule has 0 unspecified atom stereocenters. The molecule has 0 N–H and O–H groups in total. The monoisotopic (exact) mass is 784 g/mol. The molecular formula is C40H32O16. The van der Waals surface area contributed by atoms with Gasteiger partial charge in [-0.3, -0.25) is 0 Å². The molecule has 0 amide bonds. The van der Waals surface area contributed by atoms with Gasteiger partial charge in [-0.05, 0) is 97.1 Å². The van der Waals surface area contributed by atoms with E-state index in [0.717, 1.165) is 97.1 Å². The average molecular weight is 785 g/mol. The highest BCUT2D eigenvalue weighted by molar-refractivity contribution is 5.96. The molecule has 7 aliphatic rings. The number of esters is 8. The zero-order valence-corrected chi connectivity index (χ0v) is 27.8. The molecule has 16 heteroatoms. The zero-order chi connectivity index (χ0) is 54.2. The number of ether oxygens (including phenoxy) is 8. The molecule has 0 aromatic heterocycles. The maximum Gasteiger partial charge on any atom is 0.338 e. The van der Waals surface area contributed by atoms with E-state index >= 15 is 0 Å². The van der Waals surface area contributed by atoms with Crippen LogP contribution in [-0.4, -0.2) is 100 Å². The van der Waals surface area contributed by atoms with E-state index in [9.17, 15) is 38.4 Å². The molecule has 56 heavy (non-hydrogen) atoms. The van der Waals surface area contributed by atoms with Gasteiger partial charge in [-0.1, -0.05) is 0 Å². The summed E-state index contributed by atoms with van der Waals surface area (Å²) >= 11 is 0. The third kappa shape index (κ3) is 11.3. The van der Waals surface area contributed by atoms with Gasteiger partial charge in [-0.15, -0.1) is 0 Å². The smallest absolute Gasteiger partial charge is 0.338 e. The van der Waals surface area contributed by atoms with Crippen molar-refractivity contribution in [3.05, 3.63) is 142 Å². The van der Waals surface area contributed by atoms with Gasteiger partial charge in [-0.2, -0.15) is 0 Å². The topological polar surface area (TPSA) is 210 Å². The van der Waals surface area contributed by atoms with Gasteiger partial charge in [0.2, 0.25) is 0 Å². The van der Waals surface area contributed by atoms with E-state index in [0.29, 0.717) is 0 Å². The molecule has 4 aromatic carbocycles. The van der Waals surface area contributed by atoms with E-state index in [2.05, 4.69) is 37.9 Å². The second kappa shape index (κ2) is 19.6. The van der Waals surface area contributed by atoms with E-state index in [1.165, 1.54) is 0 Å². The van der Waals surface area contributed by atoms with Crippen molar-refractivity contribution in [2.24, 2.45) is 0 Å². The Bertz CT molecular complexity index is 2230. The molecule has 0 saturated heterocycles. The Labute approximate surface area is 340 Å². The van der Waals surface area contributed by atoms with E-state index in [-0.39, 0.29) is 0 Å². The number of carbonyl (C=O) groups excluding carboxylic acids is 8. The predicted octanol–water partition coefficient (Wildman–Crippen LogP) is 4.06. The van der Waals surface area contributed by atoms with Crippen molar-refractivity contribution in [2.75, 3.05) is 52.5 Å². The van der Waals surface area contributed by atoms with Crippen molar-refractivity contribution in [3.8, 4) is 0 Å². The average Bonchev–Trinajstić information content (AvgIpc) is 3.27. The Hall–Kier alpha value is -7.36. The molecule has 11 rings (SSSR count). The first-order valence-corrected chi connectivity index (χ1v) is 15.2. The lowest BCUT2D eigenvalue weighted by molar-refractivity contribution is 0.0260. The molecule has 0 aliphatic carbocycles. The highest BCUT2D eigenvalue weighted by atomic mass is 16.6. The van der Waals surface area contributed by atoms with Crippen LogP contribution in [-0.2, 0) is 37.9 Å². The summed E-state index contributed by atoms with van der Waals surface area (Å²) in [7, 11) is 0. The molecule has 0 saturated carbocycles. The largest absolute Gasteiger partial charge is 0.458 e.